The molecular weight excluding hydrogens is 238 g/mol. The number of anilines is 1. The molecule has 1 rings (SSSR count). The summed E-state index contributed by atoms with van der Waals surface area (Å²) in [5.41, 5.74) is 0.737. The molecule has 96 valence electrons. The van der Waals surface area contributed by atoms with Crippen LogP contribution in [0.5, 0.6) is 0 Å². The Hall–Kier alpha value is -0.840. The Morgan fingerprint density at radius 1 is 1.29 bits per heavy atom. The van der Waals surface area contributed by atoms with Crippen molar-refractivity contribution in [1.29, 1.82) is 0 Å². The Morgan fingerprint density at radius 2 is 2.00 bits per heavy atom. The summed E-state index contributed by atoms with van der Waals surface area (Å²) in [6.07, 6.45) is 2.72. The standard InChI is InChI=1S/C12H20ClN3O/c1-15(2)5-4-6-16(3)12-11(13)7-10(9-17)8-14-12/h7-8,17H,4-6,9H2,1-3H3. The molecule has 0 aliphatic heterocycles. The van der Waals surface area contributed by atoms with Crippen LogP contribution in [0.2, 0.25) is 5.02 Å². The smallest absolute Gasteiger partial charge is 0.147 e. The van der Waals surface area contributed by atoms with Crippen LogP contribution in [-0.4, -0.2) is 49.2 Å². The predicted molar refractivity (Wildman–Crippen MR) is 71.6 cm³/mol. The van der Waals surface area contributed by atoms with Crippen LogP contribution in [0.4, 0.5) is 5.82 Å². The van der Waals surface area contributed by atoms with Gasteiger partial charge in [0.05, 0.1) is 11.6 Å². The number of hydrogen-bond donors (Lipinski definition) is 1. The third-order valence-electron chi connectivity index (χ3n) is 2.52. The molecule has 0 spiro atoms. The molecule has 0 bridgehead atoms. The molecule has 0 amide bonds. The highest BCUT2D eigenvalue weighted by atomic mass is 35.5. The Kier molecular flexibility index (Phi) is 5.68. The summed E-state index contributed by atoms with van der Waals surface area (Å²) >= 11 is 6.12. The molecule has 4 nitrogen and oxygen atoms in total. The van der Waals surface area contributed by atoms with Gasteiger partial charge in [0, 0.05) is 19.8 Å². The number of pyridine rings is 1. The molecule has 0 atom stereocenters. The van der Waals surface area contributed by atoms with Gasteiger partial charge in [0.25, 0.3) is 0 Å². The Labute approximate surface area is 108 Å². The minimum Gasteiger partial charge on any atom is -0.392 e. The molecule has 1 N–H and O–H groups in total. The van der Waals surface area contributed by atoms with Crippen LogP contribution < -0.4 is 4.90 Å². The highest BCUT2D eigenvalue weighted by Gasteiger charge is 2.08. The monoisotopic (exact) mass is 257 g/mol. The van der Waals surface area contributed by atoms with Gasteiger partial charge in [0.2, 0.25) is 0 Å². The largest absolute Gasteiger partial charge is 0.392 e. The van der Waals surface area contributed by atoms with Gasteiger partial charge in [-0.25, -0.2) is 4.98 Å². The van der Waals surface area contributed by atoms with E-state index in [1.54, 1.807) is 12.3 Å². The summed E-state index contributed by atoms with van der Waals surface area (Å²) in [6, 6.07) is 1.76. The molecule has 1 aromatic heterocycles. The van der Waals surface area contributed by atoms with E-state index in [1.165, 1.54) is 0 Å². The molecule has 0 fully saturated rings. The maximum Gasteiger partial charge on any atom is 0.147 e. The first kappa shape index (κ1) is 14.2. The summed E-state index contributed by atoms with van der Waals surface area (Å²) in [4.78, 5) is 8.45. The quantitative estimate of drug-likeness (QED) is 0.841. The predicted octanol–water partition coefficient (Wildman–Crippen LogP) is 1.62. The second-order valence-corrected chi connectivity index (χ2v) is 4.79. The van der Waals surface area contributed by atoms with Gasteiger partial charge in [0.15, 0.2) is 0 Å². The van der Waals surface area contributed by atoms with E-state index >= 15 is 0 Å². The van der Waals surface area contributed by atoms with Crippen molar-refractivity contribution < 1.29 is 5.11 Å². The summed E-state index contributed by atoms with van der Waals surface area (Å²) in [5, 5.41) is 9.56. The molecule has 0 saturated heterocycles. The van der Waals surface area contributed by atoms with Crippen molar-refractivity contribution in [2.45, 2.75) is 13.0 Å². The van der Waals surface area contributed by atoms with Gasteiger partial charge in [-0.15, -0.1) is 0 Å². The van der Waals surface area contributed by atoms with Crippen molar-refractivity contribution >= 4 is 17.4 Å². The molecule has 0 unspecified atom stereocenters. The zero-order valence-corrected chi connectivity index (χ0v) is 11.4. The van der Waals surface area contributed by atoms with Crippen molar-refractivity contribution in [3.05, 3.63) is 22.8 Å². The number of aliphatic hydroxyl groups is 1. The summed E-state index contributed by atoms with van der Waals surface area (Å²) in [5.74, 6) is 0.766. The van der Waals surface area contributed by atoms with Crippen LogP contribution in [0, 0.1) is 0 Å². The van der Waals surface area contributed by atoms with Crippen LogP contribution in [0.25, 0.3) is 0 Å². The maximum atomic E-state index is 8.98. The highest BCUT2D eigenvalue weighted by Crippen LogP contribution is 2.23. The first-order valence-corrected chi connectivity index (χ1v) is 6.03. The number of rotatable bonds is 6. The van der Waals surface area contributed by atoms with E-state index in [2.05, 4.69) is 24.0 Å². The molecule has 0 aliphatic carbocycles. The topological polar surface area (TPSA) is 39.6 Å². The lowest BCUT2D eigenvalue weighted by Gasteiger charge is -2.20. The normalized spacial score (nSPS) is 10.9. The molecule has 0 aliphatic rings. The third kappa shape index (κ3) is 4.50. The molecule has 1 aromatic rings. The SMILES string of the molecule is CN(C)CCCN(C)c1ncc(CO)cc1Cl. The minimum atomic E-state index is -0.0304. The summed E-state index contributed by atoms with van der Waals surface area (Å²) < 4.78 is 0. The van der Waals surface area contributed by atoms with E-state index in [9.17, 15) is 0 Å². The van der Waals surface area contributed by atoms with Crippen molar-refractivity contribution in [3.63, 3.8) is 0 Å². The van der Waals surface area contributed by atoms with Gasteiger partial charge < -0.3 is 14.9 Å². The maximum absolute atomic E-state index is 8.98. The highest BCUT2D eigenvalue weighted by molar-refractivity contribution is 6.33. The number of hydrogen-bond acceptors (Lipinski definition) is 4. The molecule has 17 heavy (non-hydrogen) atoms. The number of halogens is 1. The third-order valence-corrected chi connectivity index (χ3v) is 2.80. The van der Waals surface area contributed by atoms with Gasteiger partial charge in [-0.1, -0.05) is 11.6 Å². The molecule has 5 heteroatoms. The van der Waals surface area contributed by atoms with E-state index in [0.717, 1.165) is 30.9 Å². The van der Waals surface area contributed by atoms with Crippen LogP contribution in [-0.2, 0) is 6.61 Å². The van der Waals surface area contributed by atoms with Crippen molar-refractivity contribution in [2.75, 3.05) is 39.1 Å². The van der Waals surface area contributed by atoms with Crippen LogP contribution >= 0.6 is 11.6 Å². The van der Waals surface area contributed by atoms with Gasteiger partial charge in [-0.3, -0.25) is 0 Å². The van der Waals surface area contributed by atoms with Crippen molar-refractivity contribution in [1.82, 2.24) is 9.88 Å². The first-order valence-electron chi connectivity index (χ1n) is 5.65. The minimum absolute atomic E-state index is 0.0304. The zero-order valence-electron chi connectivity index (χ0n) is 10.6. The fourth-order valence-electron chi connectivity index (χ4n) is 1.57. The van der Waals surface area contributed by atoms with E-state index in [0.29, 0.717) is 5.02 Å². The number of nitrogens with zero attached hydrogens (tertiary/aromatic N) is 3. The van der Waals surface area contributed by atoms with E-state index < -0.39 is 0 Å². The second kappa shape index (κ2) is 6.79. The number of aromatic nitrogens is 1. The fourth-order valence-corrected chi connectivity index (χ4v) is 1.90. The van der Waals surface area contributed by atoms with Gasteiger partial charge in [-0.05, 0) is 38.7 Å². The molecule has 0 radical (unpaired) electrons. The van der Waals surface area contributed by atoms with Gasteiger partial charge in [0.1, 0.15) is 5.82 Å². The van der Waals surface area contributed by atoms with E-state index in [4.69, 9.17) is 16.7 Å². The Balaban J connectivity index is 2.59. The average molecular weight is 258 g/mol. The molecule has 0 aromatic carbocycles. The van der Waals surface area contributed by atoms with Crippen LogP contribution in [0.1, 0.15) is 12.0 Å². The fraction of sp³-hybridized carbons (Fsp3) is 0.583. The summed E-state index contributed by atoms with van der Waals surface area (Å²) in [7, 11) is 6.09. The average Bonchev–Trinajstić information content (AvgIpc) is 2.28. The van der Waals surface area contributed by atoms with E-state index in [-0.39, 0.29) is 6.61 Å². The Bertz CT molecular complexity index is 358. The van der Waals surface area contributed by atoms with Crippen LogP contribution in [0.15, 0.2) is 12.3 Å². The van der Waals surface area contributed by atoms with Gasteiger partial charge in [-0.2, -0.15) is 0 Å². The second-order valence-electron chi connectivity index (χ2n) is 4.39. The lowest BCUT2D eigenvalue weighted by atomic mass is 10.3. The molecule has 1 heterocycles. The van der Waals surface area contributed by atoms with Crippen molar-refractivity contribution in [3.8, 4) is 0 Å². The number of aliphatic hydroxyl groups excluding tert-OH is 1. The lowest BCUT2D eigenvalue weighted by Crippen LogP contribution is -2.24. The van der Waals surface area contributed by atoms with Crippen molar-refractivity contribution in [2.24, 2.45) is 0 Å². The van der Waals surface area contributed by atoms with Gasteiger partial charge >= 0.3 is 0 Å². The first-order chi connectivity index (χ1) is 8.04. The Morgan fingerprint density at radius 3 is 2.53 bits per heavy atom. The molecule has 0 saturated carbocycles. The zero-order chi connectivity index (χ0) is 12.8. The summed E-state index contributed by atoms with van der Waals surface area (Å²) in [6.45, 7) is 1.91. The molecular formula is C12H20ClN3O. The van der Waals surface area contributed by atoms with E-state index in [1.807, 2.05) is 11.9 Å². The lowest BCUT2D eigenvalue weighted by molar-refractivity contribution is 0.281. The van der Waals surface area contributed by atoms with Crippen LogP contribution in [0.3, 0.4) is 0 Å².